The Hall–Kier alpha value is -1.09. The molecule has 0 radical (unpaired) electrons. The van der Waals surface area contributed by atoms with Crippen molar-refractivity contribution in [2.45, 2.75) is 91.9 Å². The lowest BCUT2D eigenvalue weighted by molar-refractivity contribution is 1.17. The van der Waals surface area contributed by atoms with Crippen LogP contribution in [0, 0.1) is 6.92 Å². The third-order valence-corrected chi connectivity index (χ3v) is 20.2. The van der Waals surface area contributed by atoms with Crippen LogP contribution in [0.15, 0.2) is 42.5 Å². The minimum atomic E-state index is -1.44. The summed E-state index contributed by atoms with van der Waals surface area (Å²) < 4.78 is 5.62. The summed E-state index contributed by atoms with van der Waals surface area (Å²) >= 11 is 0. The lowest BCUT2D eigenvalue weighted by atomic mass is 10.0. The van der Waals surface area contributed by atoms with Crippen molar-refractivity contribution < 1.29 is 0 Å². The Morgan fingerprint density at radius 3 is 1.31 bits per heavy atom. The molecule has 32 heavy (non-hydrogen) atoms. The summed E-state index contributed by atoms with van der Waals surface area (Å²) in [6.07, 6.45) is 1.00. The molecule has 0 saturated heterocycles. The number of hydrogen-bond donors (Lipinski definition) is 0. The van der Waals surface area contributed by atoms with Gasteiger partial charge in [-0.3, -0.25) is 0 Å². The van der Waals surface area contributed by atoms with Crippen molar-refractivity contribution in [1.29, 1.82) is 0 Å². The van der Waals surface area contributed by atoms with E-state index in [1.54, 1.807) is 0 Å². The van der Waals surface area contributed by atoms with Crippen molar-refractivity contribution in [3.05, 3.63) is 59.2 Å². The lowest BCUT2D eigenvalue weighted by Crippen LogP contribution is -2.59. The third kappa shape index (κ3) is 6.71. The predicted molar refractivity (Wildman–Crippen MR) is 159 cm³/mol. The topological polar surface area (TPSA) is 6.48 Å². The fourth-order valence-electron chi connectivity index (χ4n) is 5.59. The van der Waals surface area contributed by atoms with Crippen LogP contribution in [-0.4, -0.2) is 32.9 Å². The van der Waals surface area contributed by atoms with Crippen LogP contribution in [0.3, 0.4) is 0 Å². The summed E-state index contributed by atoms with van der Waals surface area (Å²) in [6.45, 7) is 32.0. The highest BCUT2D eigenvalue weighted by molar-refractivity contribution is 6.99. The molecule has 0 spiro atoms. The molecule has 0 N–H and O–H groups in total. The maximum absolute atomic E-state index is 2.83. The highest BCUT2D eigenvalue weighted by Crippen LogP contribution is 2.33. The second-order valence-electron chi connectivity index (χ2n) is 13.3. The first-order chi connectivity index (χ1) is 14.3. The number of rotatable bonds is 8. The molecule has 0 amide bonds. The molecule has 0 atom stereocenters. The molecule has 0 saturated carbocycles. The number of aryl methyl sites for hydroxylation is 1. The first-order valence-corrected chi connectivity index (χ1v) is 25.9. The van der Waals surface area contributed by atoms with Gasteiger partial charge in [-0.2, -0.15) is 0 Å². The molecule has 0 unspecified atom stereocenters. The van der Waals surface area contributed by atoms with Gasteiger partial charge in [-0.05, 0) is 48.2 Å². The van der Waals surface area contributed by atoms with E-state index < -0.39 is 32.9 Å². The summed E-state index contributed by atoms with van der Waals surface area (Å²) in [7, 11) is -5.70. The molecule has 6 heteroatoms. The summed E-state index contributed by atoms with van der Waals surface area (Å²) in [6, 6.07) is 16.6. The zero-order valence-corrected chi connectivity index (χ0v) is 27.1. The predicted octanol–water partition coefficient (Wildman–Crippen LogP) is 8.54. The van der Waals surface area contributed by atoms with Crippen LogP contribution < -0.4 is 8.46 Å². The van der Waals surface area contributed by atoms with Gasteiger partial charge in [0.15, 0.2) is 0 Å². The Morgan fingerprint density at radius 1 is 0.531 bits per heavy atom. The van der Waals surface area contributed by atoms with Crippen LogP contribution in [0.2, 0.25) is 78.6 Å². The largest absolute Gasteiger partial charge is 0.425 e. The van der Waals surface area contributed by atoms with Gasteiger partial charge >= 0.3 is 0 Å². The fourth-order valence-corrected chi connectivity index (χ4v) is 25.5. The molecule has 0 aliphatic heterocycles. The molecule has 0 heterocycles. The number of anilines is 2. The number of nitrogens with zero attached hydrogens (tertiary/aromatic N) is 2. The molecule has 178 valence electrons. The number of hydrogen-bond acceptors (Lipinski definition) is 2. The zero-order chi connectivity index (χ0) is 24.7. The SMILES string of the molecule is Cc1cc(Cc2ccc(N([Si](C)(C)C)[Si](C)(C)C)cc2)ccc1N([Si](C)(C)C)[Si](C)(C)C. The summed E-state index contributed by atoms with van der Waals surface area (Å²) in [5.74, 6) is 0. The fraction of sp³-hybridized carbons (Fsp3) is 0.538. The molecule has 0 bridgehead atoms. The summed E-state index contributed by atoms with van der Waals surface area (Å²) in [5, 5.41) is 0. The maximum atomic E-state index is 2.83. The summed E-state index contributed by atoms with van der Waals surface area (Å²) in [5.41, 5.74) is 7.12. The minimum absolute atomic E-state index is 1.00. The molecule has 2 nitrogen and oxygen atoms in total. The average Bonchev–Trinajstić information content (AvgIpc) is 2.54. The van der Waals surface area contributed by atoms with Crippen LogP contribution in [0.25, 0.3) is 0 Å². The van der Waals surface area contributed by atoms with Gasteiger partial charge in [-0.15, -0.1) is 0 Å². The molecular weight excluding hydrogens is 453 g/mol. The third-order valence-electron chi connectivity index (χ3n) is 5.79. The quantitative estimate of drug-likeness (QED) is 0.335. The van der Waals surface area contributed by atoms with E-state index in [0.29, 0.717) is 0 Å². The van der Waals surface area contributed by atoms with Gasteiger partial charge in [0.05, 0.1) is 0 Å². The molecule has 0 aliphatic carbocycles. The normalized spacial score (nSPS) is 13.3. The van der Waals surface area contributed by atoms with E-state index >= 15 is 0 Å². The van der Waals surface area contributed by atoms with E-state index in [0.717, 1.165) is 6.42 Å². The Bertz CT molecular complexity index is 883. The van der Waals surface area contributed by atoms with Gasteiger partial charge in [0.1, 0.15) is 32.9 Å². The minimum Gasteiger partial charge on any atom is -0.425 e. The van der Waals surface area contributed by atoms with Gasteiger partial charge < -0.3 is 8.46 Å². The van der Waals surface area contributed by atoms with E-state index in [1.807, 2.05) is 0 Å². The van der Waals surface area contributed by atoms with E-state index in [9.17, 15) is 0 Å². The van der Waals surface area contributed by atoms with Crippen molar-refractivity contribution in [3.8, 4) is 0 Å². The van der Waals surface area contributed by atoms with E-state index in [4.69, 9.17) is 0 Å². The van der Waals surface area contributed by atoms with E-state index in [-0.39, 0.29) is 0 Å². The smallest absolute Gasteiger partial charge is 0.138 e. The van der Waals surface area contributed by atoms with Crippen LogP contribution in [0.4, 0.5) is 11.4 Å². The lowest BCUT2D eigenvalue weighted by Gasteiger charge is -2.46. The Balaban J connectivity index is 2.30. The monoisotopic (exact) mass is 500 g/mol. The second-order valence-corrected chi connectivity index (χ2v) is 33.4. The highest BCUT2D eigenvalue weighted by atomic mass is 28.4. The molecule has 0 aromatic heterocycles. The van der Waals surface area contributed by atoms with Gasteiger partial charge in [-0.25, -0.2) is 0 Å². The molecule has 2 aromatic carbocycles. The first kappa shape index (κ1) is 27.2. The van der Waals surface area contributed by atoms with Crippen molar-refractivity contribution in [1.82, 2.24) is 0 Å². The van der Waals surface area contributed by atoms with Crippen molar-refractivity contribution in [2.24, 2.45) is 0 Å². The molecule has 2 aromatic rings. The standard InChI is InChI=1S/C26H48N2Si4/c1-22-20-24(16-19-26(22)28(31(8,9)10)32(11,12)13)21-23-14-17-25(18-15-23)27(29(2,3)4)30(5,6)7/h14-20H,21H2,1-13H3. The van der Waals surface area contributed by atoms with Gasteiger partial charge in [0, 0.05) is 11.4 Å². The van der Waals surface area contributed by atoms with E-state index in [2.05, 4.69) is 136 Å². The van der Waals surface area contributed by atoms with Crippen LogP contribution in [-0.2, 0) is 6.42 Å². The van der Waals surface area contributed by atoms with Gasteiger partial charge in [0.2, 0.25) is 0 Å². The Labute approximate surface area is 203 Å². The zero-order valence-electron chi connectivity index (χ0n) is 23.1. The molecule has 0 aliphatic rings. The molecule has 2 rings (SSSR count). The first-order valence-electron chi connectivity index (χ1n) is 12.1. The van der Waals surface area contributed by atoms with Crippen molar-refractivity contribution in [2.75, 3.05) is 8.46 Å². The second kappa shape index (κ2) is 9.28. The Kier molecular flexibility index (Phi) is 7.87. The highest BCUT2D eigenvalue weighted by Gasteiger charge is 2.36. The van der Waals surface area contributed by atoms with Crippen molar-refractivity contribution in [3.63, 3.8) is 0 Å². The van der Waals surface area contributed by atoms with Gasteiger partial charge in [0.25, 0.3) is 0 Å². The molecule has 0 fully saturated rings. The van der Waals surface area contributed by atoms with Crippen LogP contribution in [0.1, 0.15) is 16.7 Å². The average molecular weight is 501 g/mol. The van der Waals surface area contributed by atoms with E-state index in [1.165, 1.54) is 28.1 Å². The van der Waals surface area contributed by atoms with Crippen LogP contribution >= 0.6 is 0 Å². The Morgan fingerprint density at radius 2 is 0.938 bits per heavy atom. The van der Waals surface area contributed by atoms with Crippen LogP contribution in [0.5, 0.6) is 0 Å². The molecular formula is C26H48N2Si4. The van der Waals surface area contributed by atoms with Gasteiger partial charge in [-0.1, -0.05) is 103 Å². The maximum Gasteiger partial charge on any atom is 0.138 e. The number of benzene rings is 2. The summed E-state index contributed by atoms with van der Waals surface area (Å²) in [4.78, 5) is 0. The van der Waals surface area contributed by atoms with Crippen molar-refractivity contribution >= 4 is 44.3 Å².